The predicted molar refractivity (Wildman–Crippen MR) is 164 cm³/mol. The fraction of sp³-hybridized carbons (Fsp3) is 0.467. The zero-order chi connectivity index (χ0) is 32.7. The van der Waals surface area contributed by atoms with Crippen molar-refractivity contribution >= 4 is 32.8 Å². The minimum absolute atomic E-state index is 0.124. The van der Waals surface area contributed by atoms with Gasteiger partial charge in [-0.25, -0.2) is 17.5 Å². The maximum atomic E-state index is 12.5. The number of sulfonamides is 1. The molecule has 14 heteroatoms. The fourth-order valence-electron chi connectivity index (χ4n) is 5.25. The van der Waals surface area contributed by atoms with E-state index in [0.29, 0.717) is 18.7 Å². The third-order valence-corrected chi connectivity index (χ3v) is 9.41. The summed E-state index contributed by atoms with van der Waals surface area (Å²) in [5.41, 5.74) is 12.5. The standard InChI is InChI=1S/C28H39N5O3S.C2HF3O2/c1-4-30-16-19-11-20(17-31-5-2)13-22(12-19)23-14-24-26(18-32-27(24)25(15-23)28(29)34)21-7-9-33(10-8-21)37(35,36)6-3;3-2(4,5)1(6)7/h11-15,18,21,30-32H,4-10,16-17H2,1-3H3,(H2,29,34);(H,6,7). The van der Waals surface area contributed by atoms with Gasteiger partial charge in [-0.2, -0.15) is 13.2 Å². The summed E-state index contributed by atoms with van der Waals surface area (Å²) in [4.78, 5) is 24.7. The maximum absolute atomic E-state index is 12.5. The van der Waals surface area contributed by atoms with Gasteiger partial charge in [-0.1, -0.05) is 19.9 Å². The Kier molecular flexibility index (Phi) is 12.0. The minimum Gasteiger partial charge on any atom is -0.475 e. The molecule has 1 fully saturated rings. The number of nitrogens with zero attached hydrogens (tertiary/aromatic N) is 1. The molecule has 3 aromatic rings. The van der Waals surface area contributed by atoms with E-state index in [4.69, 9.17) is 15.6 Å². The number of aromatic nitrogens is 1. The summed E-state index contributed by atoms with van der Waals surface area (Å²) < 4.78 is 58.0. The van der Waals surface area contributed by atoms with Gasteiger partial charge in [0.15, 0.2) is 0 Å². The lowest BCUT2D eigenvalue weighted by molar-refractivity contribution is -0.192. The number of nitrogens with two attached hydrogens (primary N) is 1. The number of aliphatic carboxylic acids is 1. The molecule has 0 unspecified atom stereocenters. The van der Waals surface area contributed by atoms with Crippen LogP contribution in [0.4, 0.5) is 13.2 Å². The number of carbonyl (C=O) groups is 2. The number of H-pyrrole nitrogens is 1. The van der Waals surface area contributed by atoms with Crippen molar-refractivity contribution in [3.05, 3.63) is 58.8 Å². The Bertz CT molecular complexity index is 1540. The summed E-state index contributed by atoms with van der Waals surface area (Å²) >= 11 is 0. The maximum Gasteiger partial charge on any atom is 0.490 e. The first-order valence-corrected chi connectivity index (χ1v) is 16.1. The number of carbonyl (C=O) groups excluding carboxylic acids is 1. The monoisotopic (exact) mass is 639 g/mol. The van der Waals surface area contributed by atoms with E-state index in [-0.39, 0.29) is 11.7 Å². The van der Waals surface area contributed by atoms with Gasteiger partial charge in [0.2, 0.25) is 10.0 Å². The molecule has 4 rings (SSSR count). The smallest absolute Gasteiger partial charge is 0.475 e. The van der Waals surface area contributed by atoms with Crippen LogP contribution in [0.5, 0.6) is 0 Å². The van der Waals surface area contributed by atoms with Crippen LogP contribution in [-0.4, -0.2) is 72.8 Å². The van der Waals surface area contributed by atoms with E-state index < -0.39 is 28.1 Å². The van der Waals surface area contributed by atoms with Crippen molar-refractivity contribution in [3.63, 3.8) is 0 Å². The van der Waals surface area contributed by atoms with Gasteiger partial charge in [-0.3, -0.25) is 4.79 Å². The van der Waals surface area contributed by atoms with Gasteiger partial charge >= 0.3 is 12.1 Å². The van der Waals surface area contributed by atoms with Crippen molar-refractivity contribution in [1.29, 1.82) is 0 Å². The van der Waals surface area contributed by atoms with E-state index in [2.05, 4.69) is 53.7 Å². The van der Waals surface area contributed by atoms with E-state index in [1.54, 1.807) is 11.2 Å². The minimum atomic E-state index is -5.08. The predicted octanol–water partition coefficient (Wildman–Crippen LogP) is 4.32. The van der Waals surface area contributed by atoms with E-state index in [1.807, 2.05) is 12.3 Å². The summed E-state index contributed by atoms with van der Waals surface area (Å²) in [6.45, 7) is 10.2. The Balaban J connectivity index is 0.000000676. The number of nitrogens with one attached hydrogen (secondary N) is 3. The number of carboxylic acid groups (broad SMARTS) is 1. The van der Waals surface area contributed by atoms with Crippen molar-refractivity contribution in [2.24, 2.45) is 5.73 Å². The average molecular weight is 640 g/mol. The highest BCUT2D eigenvalue weighted by Crippen LogP contribution is 2.37. The van der Waals surface area contributed by atoms with Crippen molar-refractivity contribution in [2.45, 2.75) is 58.8 Å². The molecule has 2 aromatic carbocycles. The molecule has 1 aromatic heterocycles. The first-order chi connectivity index (χ1) is 20.7. The van der Waals surface area contributed by atoms with Gasteiger partial charge < -0.3 is 26.5 Å². The van der Waals surface area contributed by atoms with E-state index in [9.17, 15) is 26.4 Å². The highest BCUT2D eigenvalue weighted by molar-refractivity contribution is 7.89. The van der Waals surface area contributed by atoms with Crippen LogP contribution in [0.1, 0.15) is 66.6 Å². The lowest BCUT2D eigenvalue weighted by atomic mass is 9.88. The summed E-state index contributed by atoms with van der Waals surface area (Å²) in [7, 11) is -3.18. The number of amides is 1. The van der Waals surface area contributed by atoms with Gasteiger partial charge in [-0.15, -0.1) is 0 Å². The molecule has 1 saturated heterocycles. The lowest BCUT2D eigenvalue weighted by Crippen LogP contribution is -2.38. The van der Waals surface area contributed by atoms with Crippen LogP contribution in [-0.2, 0) is 27.9 Å². The van der Waals surface area contributed by atoms with Crippen LogP contribution in [0.2, 0.25) is 0 Å². The highest BCUT2D eigenvalue weighted by Gasteiger charge is 2.38. The number of primary amides is 1. The SMILES string of the molecule is CCNCc1cc(CNCC)cc(-c2cc(C(N)=O)c3[nH]cc(C4CCN(S(=O)(=O)CC)CC4)c3c2)c1.O=C(O)C(F)(F)F. The first-order valence-electron chi connectivity index (χ1n) is 14.5. The molecule has 0 saturated carbocycles. The van der Waals surface area contributed by atoms with Crippen LogP contribution in [0.3, 0.4) is 0 Å². The molecule has 0 radical (unpaired) electrons. The number of aromatic amines is 1. The normalized spacial score (nSPS) is 14.8. The topological polar surface area (TPSA) is 158 Å². The number of benzene rings is 2. The van der Waals surface area contributed by atoms with Crippen molar-refractivity contribution in [1.82, 2.24) is 19.9 Å². The third-order valence-electron chi connectivity index (χ3n) is 7.53. The van der Waals surface area contributed by atoms with Crippen LogP contribution >= 0.6 is 0 Å². The zero-order valence-electron chi connectivity index (χ0n) is 25.1. The van der Waals surface area contributed by atoms with E-state index >= 15 is 0 Å². The molecule has 6 N–H and O–H groups in total. The molecule has 0 bridgehead atoms. The summed E-state index contributed by atoms with van der Waals surface area (Å²) in [5, 5.41) is 14.9. The Labute approximate surface area is 255 Å². The van der Waals surface area contributed by atoms with E-state index in [0.717, 1.165) is 66.6 Å². The van der Waals surface area contributed by atoms with E-state index in [1.165, 1.54) is 11.1 Å². The van der Waals surface area contributed by atoms with Crippen molar-refractivity contribution in [3.8, 4) is 11.1 Å². The zero-order valence-corrected chi connectivity index (χ0v) is 25.9. The fourth-order valence-corrected chi connectivity index (χ4v) is 6.38. The molecular formula is C30H40F3N5O5S. The van der Waals surface area contributed by atoms with Gasteiger partial charge in [-0.05, 0) is 90.9 Å². The second-order valence-electron chi connectivity index (χ2n) is 10.5. The molecule has 1 aliphatic rings. The Morgan fingerprint density at radius 1 is 0.977 bits per heavy atom. The van der Waals surface area contributed by atoms with Crippen molar-refractivity contribution < 1.29 is 36.3 Å². The highest BCUT2D eigenvalue weighted by atomic mass is 32.2. The molecule has 10 nitrogen and oxygen atoms in total. The van der Waals surface area contributed by atoms with Crippen LogP contribution < -0.4 is 16.4 Å². The average Bonchev–Trinajstić information content (AvgIpc) is 3.42. The largest absolute Gasteiger partial charge is 0.490 e. The number of hydrogen-bond donors (Lipinski definition) is 5. The molecular weight excluding hydrogens is 599 g/mol. The number of piperidine rings is 1. The first kappa shape index (κ1) is 35.0. The molecule has 0 atom stereocenters. The van der Waals surface area contributed by atoms with Gasteiger partial charge in [0.1, 0.15) is 0 Å². The molecule has 0 spiro atoms. The molecule has 1 aliphatic heterocycles. The van der Waals surface area contributed by atoms with Gasteiger partial charge in [0.05, 0.1) is 16.8 Å². The quantitative estimate of drug-likeness (QED) is 0.209. The molecule has 44 heavy (non-hydrogen) atoms. The Morgan fingerprint density at radius 2 is 1.50 bits per heavy atom. The van der Waals surface area contributed by atoms with Crippen LogP contribution in [0.25, 0.3) is 22.0 Å². The molecule has 1 amide bonds. The van der Waals surface area contributed by atoms with Crippen LogP contribution in [0, 0.1) is 0 Å². The number of alkyl halides is 3. The Morgan fingerprint density at radius 3 is 1.95 bits per heavy atom. The lowest BCUT2D eigenvalue weighted by Gasteiger charge is -2.31. The third kappa shape index (κ3) is 8.80. The van der Waals surface area contributed by atoms with Crippen LogP contribution in [0.15, 0.2) is 36.5 Å². The van der Waals surface area contributed by atoms with Crippen molar-refractivity contribution in [2.75, 3.05) is 31.9 Å². The number of rotatable bonds is 11. The summed E-state index contributed by atoms with van der Waals surface area (Å²) in [6, 6.07) is 10.6. The molecule has 0 aliphatic carbocycles. The number of fused-ring (bicyclic) bond motifs is 1. The molecule has 242 valence electrons. The second kappa shape index (κ2) is 15.0. The number of halogens is 3. The Hall–Kier alpha value is -3.46. The number of hydrogen-bond acceptors (Lipinski definition) is 6. The second-order valence-corrected chi connectivity index (χ2v) is 12.8. The number of carboxylic acids is 1. The summed E-state index contributed by atoms with van der Waals surface area (Å²) in [5.74, 6) is -2.90. The van der Waals surface area contributed by atoms with Gasteiger partial charge in [0.25, 0.3) is 5.91 Å². The molecule has 2 heterocycles. The van der Waals surface area contributed by atoms with Gasteiger partial charge in [0, 0.05) is 37.8 Å². The summed E-state index contributed by atoms with van der Waals surface area (Å²) in [6.07, 6.45) is -1.63.